The predicted molar refractivity (Wildman–Crippen MR) is 108 cm³/mol. The Kier molecular flexibility index (Phi) is 7.99. The van der Waals surface area contributed by atoms with Crippen molar-refractivity contribution in [1.82, 2.24) is 0 Å². The van der Waals surface area contributed by atoms with Crippen LogP contribution in [0.2, 0.25) is 10.0 Å². The summed E-state index contributed by atoms with van der Waals surface area (Å²) in [5, 5.41) is 14.5. The number of hydrogen-bond donors (Lipinski definition) is 2. The number of anilines is 1. The van der Waals surface area contributed by atoms with Crippen LogP contribution >= 0.6 is 34.5 Å². The molecule has 2 N–H and O–H groups in total. The Bertz CT molecular complexity index is 1000. The van der Waals surface area contributed by atoms with E-state index in [1.54, 1.807) is 17.4 Å². The Morgan fingerprint density at radius 3 is 2.54 bits per heavy atom. The van der Waals surface area contributed by atoms with E-state index in [2.05, 4.69) is 5.32 Å². The summed E-state index contributed by atoms with van der Waals surface area (Å²) in [6.07, 6.45) is 0. The molecule has 1 heterocycles. The van der Waals surface area contributed by atoms with E-state index in [1.165, 1.54) is 30.3 Å². The molecule has 0 aliphatic rings. The molecule has 0 radical (unpaired) electrons. The predicted octanol–water partition coefficient (Wildman–Crippen LogP) is 2.70. The maximum Gasteiger partial charge on any atom is 1.00 e. The molecule has 140 valence electrons. The van der Waals surface area contributed by atoms with Crippen molar-refractivity contribution in [3.8, 4) is 5.75 Å². The van der Waals surface area contributed by atoms with Crippen LogP contribution in [0.15, 0.2) is 53.9 Å². The molecular formula is C19H14Cl2LiNO4S. The fourth-order valence-electron chi connectivity index (χ4n) is 2.31. The Morgan fingerprint density at radius 2 is 1.89 bits per heavy atom. The Labute approximate surface area is 188 Å². The van der Waals surface area contributed by atoms with E-state index in [1.807, 2.05) is 17.5 Å². The number of nitrogens with one attached hydrogen (secondary N) is 1. The normalized spacial score (nSPS) is 10.1. The van der Waals surface area contributed by atoms with Gasteiger partial charge in [0, 0.05) is 9.90 Å². The van der Waals surface area contributed by atoms with Gasteiger partial charge in [0.1, 0.15) is 12.4 Å². The van der Waals surface area contributed by atoms with Gasteiger partial charge in [-0.3, -0.25) is 4.79 Å². The van der Waals surface area contributed by atoms with Gasteiger partial charge in [0.15, 0.2) is 0 Å². The van der Waals surface area contributed by atoms with Crippen LogP contribution in [0.1, 0.15) is 27.0 Å². The van der Waals surface area contributed by atoms with Gasteiger partial charge in [0.2, 0.25) is 0 Å². The van der Waals surface area contributed by atoms with E-state index < -0.39 is 11.9 Å². The summed E-state index contributed by atoms with van der Waals surface area (Å²) in [7, 11) is 0. The molecule has 0 aliphatic carbocycles. The molecule has 0 bridgehead atoms. The van der Waals surface area contributed by atoms with Crippen LogP contribution < -0.4 is 28.9 Å². The molecule has 2 aromatic carbocycles. The van der Waals surface area contributed by atoms with Gasteiger partial charge in [-0.1, -0.05) is 29.3 Å². The Morgan fingerprint density at radius 1 is 1.11 bits per heavy atom. The Hall–Kier alpha value is -1.94. The van der Waals surface area contributed by atoms with E-state index >= 15 is 0 Å². The summed E-state index contributed by atoms with van der Waals surface area (Å²) >= 11 is 13.4. The average Bonchev–Trinajstić information content (AvgIpc) is 3.14. The van der Waals surface area contributed by atoms with Crippen LogP contribution in [-0.4, -0.2) is 17.0 Å². The van der Waals surface area contributed by atoms with Crippen LogP contribution in [0.3, 0.4) is 0 Å². The summed E-state index contributed by atoms with van der Waals surface area (Å²) in [5.41, 5.74) is 0.245. The molecule has 1 aromatic heterocycles. The summed E-state index contributed by atoms with van der Waals surface area (Å²) in [5.74, 6) is -1.33. The molecule has 0 aliphatic heterocycles. The minimum atomic E-state index is -1.19. The quantitative estimate of drug-likeness (QED) is 0.590. The van der Waals surface area contributed by atoms with Crippen LogP contribution in [-0.2, 0) is 6.61 Å². The van der Waals surface area contributed by atoms with Crippen LogP contribution in [0, 0.1) is 0 Å². The van der Waals surface area contributed by atoms with E-state index in [9.17, 15) is 14.7 Å². The summed E-state index contributed by atoms with van der Waals surface area (Å²) in [6, 6.07) is 12.7. The fourth-order valence-corrected chi connectivity index (χ4v) is 3.42. The summed E-state index contributed by atoms with van der Waals surface area (Å²) < 4.78 is 5.62. The summed E-state index contributed by atoms with van der Waals surface area (Å²) in [4.78, 5) is 25.0. The zero-order valence-corrected chi connectivity index (χ0v) is 17.1. The van der Waals surface area contributed by atoms with E-state index in [-0.39, 0.29) is 42.1 Å². The first-order chi connectivity index (χ1) is 12.9. The first-order valence-electron chi connectivity index (χ1n) is 7.73. The number of thiophene rings is 1. The SMILES string of the molecule is O=C(Nc1ccc(OCc2cccs2)cc1C(=O)O)c1ccc(Cl)cc1Cl.[H-].[Li+]. The number of carbonyl (C=O) groups is 2. The van der Waals surface area contributed by atoms with Crippen molar-refractivity contribution in [3.05, 3.63) is 80.0 Å². The smallest absolute Gasteiger partial charge is 1.00 e. The molecule has 0 saturated heterocycles. The van der Waals surface area contributed by atoms with Gasteiger partial charge >= 0.3 is 24.8 Å². The molecule has 0 fully saturated rings. The molecule has 5 nitrogen and oxygen atoms in total. The van der Waals surface area contributed by atoms with E-state index in [0.29, 0.717) is 17.4 Å². The van der Waals surface area contributed by atoms with Crippen molar-refractivity contribution < 1.29 is 39.7 Å². The van der Waals surface area contributed by atoms with E-state index in [4.69, 9.17) is 27.9 Å². The third-order valence-corrected chi connectivity index (χ3v) is 5.00. The van der Waals surface area contributed by atoms with Crippen molar-refractivity contribution in [1.29, 1.82) is 0 Å². The van der Waals surface area contributed by atoms with Crippen molar-refractivity contribution in [2.45, 2.75) is 6.61 Å². The molecule has 1 amide bonds. The first kappa shape index (κ1) is 22.3. The molecule has 3 rings (SSSR count). The number of amides is 1. The minimum absolute atomic E-state index is 0. The molecule has 0 saturated carbocycles. The second-order valence-electron chi connectivity index (χ2n) is 5.46. The third-order valence-electron chi connectivity index (χ3n) is 3.61. The maximum absolute atomic E-state index is 12.4. The monoisotopic (exact) mass is 429 g/mol. The van der Waals surface area contributed by atoms with Gasteiger partial charge < -0.3 is 16.6 Å². The second-order valence-corrected chi connectivity index (χ2v) is 7.33. The molecule has 3 aromatic rings. The van der Waals surface area contributed by atoms with Crippen LogP contribution in [0.25, 0.3) is 0 Å². The maximum atomic E-state index is 12.4. The number of hydrogen-bond acceptors (Lipinski definition) is 4. The number of aromatic carboxylic acids is 1. The van der Waals surface area contributed by atoms with Crippen molar-refractivity contribution in [2.75, 3.05) is 5.32 Å². The molecule has 0 spiro atoms. The zero-order valence-electron chi connectivity index (χ0n) is 15.7. The van der Waals surface area contributed by atoms with Gasteiger partial charge in [0.25, 0.3) is 5.91 Å². The zero-order chi connectivity index (χ0) is 19.4. The number of ether oxygens (including phenoxy) is 1. The van der Waals surface area contributed by atoms with Gasteiger partial charge in [-0.05, 0) is 47.8 Å². The minimum Gasteiger partial charge on any atom is -1.00 e. The standard InChI is InChI=1S/C19H13Cl2NO4S.Li.H/c20-11-3-5-14(16(21)8-11)18(23)22-17-6-4-12(9-15(17)19(24)25)26-10-13-2-1-7-27-13;;/h1-9H,10H2,(H,22,23)(H,24,25);;/q;+1;-1. The average molecular weight is 430 g/mol. The van der Waals surface area contributed by atoms with Crippen molar-refractivity contribution >= 4 is 52.1 Å². The third kappa shape index (κ3) is 5.54. The molecular weight excluding hydrogens is 416 g/mol. The number of carbonyl (C=O) groups excluding carboxylic acids is 1. The molecule has 0 atom stereocenters. The van der Waals surface area contributed by atoms with E-state index in [0.717, 1.165) is 4.88 Å². The Balaban J connectivity index is 0.00000210. The number of halogens is 2. The fraction of sp³-hybridized carbons (Fsp3) is 0.0526. The second kappa shape index (κ2) is 10.0. The van der Waals surface area contributed by atoms with Crippen LogP contribution in [0.4, 0.5) is 5.69 Å². The van der Waals surface area contributed by atoms with Gasteiger partial charge in [-0.25, -0.2) is 4.79 Å². The largest absolute Gasteiger partial charge is 1.00 e. The van der Waals surface area contributed by atoms with Crippen molar-refractivity contribution in [2.24, 2.45) is 0 Å². The molecule has 28 heavy (non-hydrogen) atoms. The van der Waals surface area contributed by atoms with Gasteiger partial charge in [-0.15, -0.1) is 11.3 Å². The topological polar surface area (TPSA) is 75.6 Å². The number of rotatable bonds is 6. The first-order valence-corrected chi connectivity index (χ1v) is 9.36. The van der Waals surface area contributed by atoms with Gasteiger partial charge in [0.05, 0.1) is 21.8 Å². The number of benzene rings is 2. The summed E-state index contributed by atoms with van der Waals surface area (Å²) in [6.45, 7) is 0.336. The molecule has 0 unspecified atom stereocenters. The van der Waals surface area contributed by atoms with Gasteiger partial charge in [-0.2, -0.15) is 0 Å². The molecule has 9 heteroatoms. The number of carboxylic acids is 1. The van der Waals surface area contributed by atoms with Crippen LogP contribution in [0.5, 0.6) is 5.75 Å². The van der Waals surface area contributed by atoms with Crippen molar-refractivity contribution in [3.63, 3.8) is 0 Å². The number of carboxylic acid groups (broad SMARTS) is 1.